The van der Waals surface area contributed by atoms with Crippen LogP contribution in [0.3, 0.4) is 0 Å². The number of hydrogen-bond acceptors (Lipinski definition) is 3. The molecule has 0 bridgehead atoms. The zero-order valence-electron chi connectivity index (χ0n) is 8.97. The van der Waals surface area contributed by atoms with E-state index in [-0.39, 0.29) is 0 Å². The van der Waals surface area contributed by atoms with Gasteiger partial charge in [0.15, 0.2) is 0 Å². The molecule has 2 rings (SSSR count). The lowest BCUT2D eigenvalue weighted by Gasteiger charge is -2.15. The number of halogens is 2. The van der Waals surface area contributed by atoms with Crippen molar-refractivity contribution in [3.05, 3.63) is 21.8 Å². The van der Waals surface area contributed by atoms with Crippen molar-refractivity contribution >= 4 is 33.3 Å². The normalized spacial score (nSPS) is 17.2. The van der Waals surface area contributed by atoms with Crippen molar-refractivity contribution in [3.8, 4) is 0 Å². The molecular formula is C11H15BrClN3. The molecule has 1 aromatic heterocycles. The highest BCUT2D eigenvalue weighted by atomic mass is 79.9. The fourth-order valence-electron chi connectivity index (χ4n) is 1.81. The van der Waals surface area contributed by atoms with Crippen molar-refractivity contribution < 1.29 is 0 Å². The maximum absolute atomic E-state index is 5.83. The largest absolute Gasteiger partial charge is 0.369 e. The van der Waals surface area contributed by atoms with Gasteiger partial charge in [-0.15, -0.1) is 0 Å². The molecule has 0 atom stereocenters. The van der Waals surface area contributed by atoms with Crippen LogP contribution >= 0.6 is 27.5 Å². The molecule has 16 heavy (non-hydrogen) atoms. The number of pyridine rings is 1. The number of hydrogen-bond donors (Lipinski definition) is 2. The first-order valence-electron chi connectivity index (χ1n) is 5.40. The van der Waals surface area contributed by atoms with Gasteiger partial charge in [-0.05, 0) is 53.2 Å². The smallest absolute Gasteiger partial charge is 0.140 e. The van der Waals surface area contributed by atoms with E-state index in [0.29, 0.717) is 10.4 Å². The van der Waals surface area contributed by atoms with Gasteiger partial charge in [0.05, 0.1) is 9.50 Å². The Labute approximate surface area is 109 Å². The van der Waals surface area contributed by atoms with Crippen molar-refractivity contribution in [2.45, 2.75) is 19.3 Å². The Morgan fingerprint density at radius 2 is 2.31 bits per heavy atom. The Morgan fingerprint density at radius 3 is 2.88 bits per heavy atom. The zero-order valence-corrected chi connectivity index (χ0v) is 11.3. The molecule has 1 fully saturated rings. The molecule has 0 amide bonds. The summed E-state index contributed by atoms with van der Waals surface area (Å²) in [6.07, 6.45) is 5.27. The van der Waals surface area contributed by atoms with Crippen LogP contribution in [0.2, 0.25) is 5.02 Å². The zero-order chi connectivity index (χ0) is 11.6. The molecule has 0 radical (unpaired) electrons. The lowest BCUT2D eigenvalue weighted by atomic mass is 10.0. The molecule has 3 nitrogen and oxygen atoms in total. The van der Waals surface area contributed by atoms with E-state index < -0.39 is 0 Å². The molecule has 0 unspecified atom stereocenters. The number of nitrogens with zero attached hydrogens (tertiary/aromatic N) is 1. The van der Waals surface area contributed by atoms with E-state index in [0.717, 1.165) is 29.8 Å². The molecule has 1 saturated carbocycles. The summed E-state index contributed by atoms with van der Waals surface area (Å²) >= 11 is 9.27. The highest BCUT2D eigenvalue weighted by molar-refractivity contribution is 9.10. The van der Waals surface area contributed by atoms with Crippen LogP contribution in [-0.2, 0) is 0 Å². The Morgan fingerprint density at radius 1 is 1.56 bits per heavy atom. The minimum Gasteiger partial charge on any atom is -0.369 e. The van der Waals surface area contributed by atoms with Crippen LogP contribution in [0.5, 0.6) is 0 Å². The third-order valence-electron chi connectivity index (χ3n) is 3.07. The summed E-state index contributed by atoms with van der Waals surface area (Å²) in [6, 6.07) is 1.85. The molecule has 5 heteroatoms. The van der Waals surface area contributed by atoms with E-state index in [9.17, 15) is 0 Å². The first-order valence-corrected chi connectivity index (χ1v) is 6.57. The molecular weight excluding hydrogens is 289 g/mol. The predicted octanol–water partition coefficient (Wildman–Crippen LogP) is 3.04. The van der Waals surface area contributed by atoms with Gasteiger partial charge in [0.1, 0.15) is 5.82 Å². The van der Waals surface area contributed by atoms with Crippen molar-refractivity contribution in [1.29, 1.82) is 0 Å². The van der Waals surface area contributed by atoms with Gasteiger partial charge in [-0.2, -0.15) is 0 Å². The third kappa shape index (κ3) is 2.87. The quantitative estimate of drug-likeness (QED) is 0.879. The van der Waals surface area contributed by atoms with Gasteiger partial charge in [-0.3, -0.25) is 0 Å². The summed E-state index contributed by atoms with van der Waals surface area (Å²) in [4.78, 5) is 4.25. The Hall–Kier alpha value is -0.320. The molecule has 1 aliphatic carbocycles. The van der Waals surface area contributed by atoms with Gasteiger partial charge in [0.25, 0.3) is 0 Å². The first-order chi connectivity index (χ1) is 7.65. The van der Waals surface area contributed by atoms with E-state index in [4.69, 9.17) is 17.3 Å². The molecule has 0 aromatic carbocycles. The number of aromatic nitrogens is 1. The minimum absolute atomic E-state index is 0.412. The highest BCUT2D eigenvalue weighted by Gasteiger charge is 2.41. The number of nitrogens with one attached hydrogen (secondary N) is 1. The second kappa shape index (κ2) is 4.90. The summed E-state index contributed by atoms with van der Waals surface area (Å²) in [5.41, 5.74) is 6.02. The lowest BCUT2D eigenvalue weighted by Crippen LogP contribution is -2.19. The number of rotatable bonds is 5. The summed E-state index contributed by atoms with van der Waals surface area (Å²) in [7, 11) is 0. The topological polar surface area (TPSA) is 50.9 Å². The molecule has 1 aliphatic rings. The van der Waals surface area contributed by atoms with Crippen LogP contribution in [0.25, 0.3) is 0 Å². The van der Waals surface area contributed by atoms with Gasteiger partial charge in [0, 0.05) is 12.7 Å². The molecule has 0 aliphatic heterocycles. The van der Waals surface area contributed by atoms with Crippen molar-refractivity contribution in [3.63, 3.8) is 0 Å². The minimum atomic E-state index is 0.412. The Bertz CT molecular complexity index is 379. The van der Waals surface area contributed by atoms with Crippen LogP contribution in [-0.4, -0.2) is 18.1 Å². The second-order valence-corrected chi connectivity index (χ2v) is 5.67. The predicted molar refractivity (Wildman–Crippen MR) is 70.8 cm³/mol. The van der Waals surface area contributed by atoms with Crippen LogP contribution in [0.15, 0.2) is 16.7 Å². The average molecular weight is 305 g/mol. The van der Waals surface area contributed by atoms with E-state index in [1.165, 1.54) is 12.8 Å². The molecule has 1 heterocycles. The monoisotopic (exact) mass is 303 g/mol. The van der Waals surface area contributed by atoms with Crippen LogP contribution in [0.1, 0.15) is 19.3 Å². The van der Waals surface area contributed by atoms with Gasteiger partial charge in [0.2, 0.25) is 0 Å². The fourth-order valence-corrected chi connectivity index (χ4v) is 2.59. The van der Waals surface area contributed by atoms with E-state index in [1.807, 2.05) is 6.07 Å². The van der Waals surface area contributed by atoms with Crippen molar-refractivity contribution in [2.75, 3.05) is 18.4 Å². The fraction of sp³-hybridized carbons (Fsp3) is 0.545. The Kier molecular flexibility index (Phi) is 3.72. The molecule has 1 aromatic rings. The second-order valence-electron chi connectivity index (χ2n) is 4.38. The SMILES string of the molecule is NCCC1(CNc2ncc(Cl)cc2Br)CC1. The van der Waals surface area contributed by atoms with Gasteiger partial charge in [-0.25, -0.2) is 4.98 Å². The molecule has 0 saturated heterocycles. The van der Waals surface area contributed by atoms with E-state index in [2.05, 4.69) is 26.2 Å². The first kappa shape index (κ1) is 12.1. The van der Waals surface area contributed by atoms with E-state index >= 15 is 0 Å². The standard InChI is InChI=1S/C11H15BrClN3/c12-9-5-8(13)6-15-10(9)16-7-11(1-2-11)3-4-14/h5-6H,1-4,7,14H2,(H,15,16). The van der Waals surface area contributed by atoms with Crippen LogP contribution < -0.4 is 11.1 Å². The Balaban J connectivity index is 1.94. The van der Waals surface area contributed by atoms with Crippen LogP contribution in [0.4, 0.5) is 5.82 Å². The highest BCUT2D eigenvalue weighted by Crippen LogP contribution is 2.48. The number of anilines is 1. The van der Waals surface area contributed by atoms with Gasteiger partial charge < -0.3 is 11.1 Å². The number of nitrogens with two attached hydrogens (primary N) is 1. The van der Waals surface area contributed by atoms with Crippen LogP contribution in [0, 0.1) is 5.41 Å². The summed E-state index contributed by atoms with van der Waals surface area (Å²) in [5, 5.41) is 3.99. The maximum atomic E-state index is 5.83. The molecule has 88 valence electrons. The van der Waals surface area contributed by atoms with Crippen molar-refractivity contribution in [1.82, 2.24) is 4.98 Å². The maximum Gasteiger partial charge on any atom is 0.140 e. The summed E-state index contributed by atoms with van der Waals surface area (Å²) in [5.74, 6) is 0.854. The van der Waals surface area contributed by atoms with Gasteiger partial charge in [-0.1, -0.05) is 11.6 Å². The van der Waals surface area contributed by atoms with E-state index in [1.54, 1.807) is 6.20 Å². The third-order valence-corrected chi connectivity index (χ3v) is 3.88. The summed E-state index contributed by atoms with van der Waals surface area (Å²) < 4.78 is 0.906. The lowest BCUT2D eigenvalue weighted by molar-refractivity contribution is 0.500. The average Bonchev–Trinajstić information content (AvgIpc) is 2.98. The van der Waals surface area contributed by atoms with Gasteiger partial charge >= 0.3 is 0 Å². The van der Waals surface area contributed by atoms with Crippen molar-refractivity contribution in [2.24, 2.45) is 11.1 Å². The molecule has 3 N–H and O–H groups in total. The summed E-state index contributed by atoms with van der Waals surface area (Å²) in [6.45, 7) is 1.70. The molecule has 0 spiro atoms.